The number of aromatic nitrogens is 3. The molecule has 0 radical (unpaired) electrons. The lowest BCUT2D eigenvalue weighted by molar-refractivity contribution is -0.119. The van der Waals surface area contributed by atoms with E-state index in [0.29, 0.717) is 11.5 Å². The summed E-state index contributed by atoms with van der Waals surface area (Å²) in [6.45, 7) is 9.16. The topological polar surface area (TPSA) is 89.3 Å². The van der Waals surface area contributed by atoms with Crippen LogP contribution in [0.5, 0.6) is 0 Å². The highest BCUT2D eigenvalue weighted by Crippen LogP contribution is 2.22. The number of nitrogens with zero attached hydrogens (tertiary/aromatic N) is 4. The summed E-state index contributed by atoms with van der Waals surface area (Å²) in [5.41, 5.74) is 1.71. The Hall–Kier alpha value is -2.74. The maximum atomic E-state index is 11.7. The Kier molecular flexibility index (Phi) is 7.20. The number of carbonyl (C=O) groups excluding carboxylic acids is 2. The van der Waals surface area contributed by atoms with Gasteiger partial charge in [-0.3, -0.25) is 9.69 Å². The Morgan fingerprint density at radius 3 is 2.50 bits per heavy atom. The molecule has 1 aliphatic rings. The van der Waals surface area contributed by atoms with E-state index in [4.69, 9.17) is 4.74 Å². The van der Waals surface area contributed by atoms with Gasteiger partial charge >= 0.3 is 5.97 Å². The van der Waals surface area contributed by atoms with Crippen LogP contribution in [-0.2, 0) is 29.0 Å². The second-order valence-corrected chi connectivity index (χ2v) is 8.22. The van der Waals surface area contributed by atoms with Crippen molar-refractivity contribution in [2.24, 2.45) is 5.92 Å². The van der Waals surface area contributed by atoms with Crippen molar-refractivity contribution >= 4 is 11.9 Å². The third-order valence-corrected chi connectivity index (χ3v) is 5.32. The van der Waals surface area contributed by atoms with Crippen molar-refractivity contribution < 1.29 is 14.3 Å². The molecule has 1 aromatic carbocycles. The Morgan fingerprint density at radius 2 is 1.87 bits per heavy atom. The van der Waals surface area contributed by atoms with Crippen molar-refractivity contribution in [2.45, 2.75) is 52.7 Å². The zero-order chi connectivity index (χ0) is 21.7. The van der Waals surface area contributed by atoms with Gasteiger partial charge in [-0.15, -0.1) is 10.2 Å². The van der Waals surface area contributed by atoms with Gasteiger partial charge in [-0.1, -0.05) is 26.0 Å². The zero-order valence-corrected chi connectivity index (χ0v) is 18.2. The fourth-order valence-corrected chi connectivity index (χ4v) is 3.87. The van der Waals surface area contributed by atoms with E-state index in [0.717, 1.165) is 56.2 Å². The van der Waals surface area contributed by atoms with Crippen LogP contribution in [0.15, 0.2) is 24.3 Å². The number of ether oxygens (including phenoxy) is 1. The van der Waals surface area contributed by atoms with Gasteiger partial charge in [0.15, 0.2) is 5.82 Å². The lowest BCUT2D eigenvalue weighted by Crippen LogP contribution is -2.31. The average Bonchev–Trinajstić information content (AvgIpc) is 3.01. The van der Waals surface area contributed by atoms with Crippen molar-refractivity contribution in [3.05, 3.63) is 47.0 Å². The summed E-state index contributed by atoms with van der Waals surface area (Å²) in [5.74, 6) is 1.87. The maximum absolute atomic E-state index is 11.7. The second-order valence-electron chi connectivity index (χ2n) is 8.22. The molecule has 2 heterocycles. The molecule has 0 bridgehead atoms. The summed E-state index contributed by atoms with van der Waals surface area (Å²) in [6.07, 6.45) is 1.63. The van der Waals surface area contributed by atoms with E-state index in [1.165, 1.54) is 7.11 Å². The molecule has 162 valence electrons. The molecule has 8 heteroatoms. The number of carbonyl (C=O) groups is 2. The van der Waals surface area contributed by atoms with E-state index >= 15 is 0 Å². The molecule has 0 unspecified atom stereocenters. The van der Waals surface area contributed by atoms with Crippen molar-refractivity contribution in [3.8, 4) is 0 Å². The van der Waals surface area contributed by atoms with E-state index < -0.39 is 0 Å². The third kappa shape index (κ3) is 5.44. The Bertz CT molecular complexity index is 875. The van der Waals surface area contributed by atoms with Crippen LogP contribution >= 0.6 is 0 Å². The predicted octanol–water partition coefficient (Wildman–Crippen LogP) is 2.35. The molecule has 1 aliphatic heterocycles. The number of esters is 1. The lowest BCUT2D eigenvalue weighted by atomic mass is 10.0. The minimum atomic E-state index is -0.322. The smallest absolute Gasteiger partial charge is 0.337 e. The van der Waals surface area contributed by atoms with Crippen LogP contribution in [-0.4, -0.2) is 51.7 Å². The highest BCUT2D eigenvalue weighted by atomic mass is 16.5. The van der Waals surface area contributed by atoms with Crippen molar-refractivity contribution in [2.75, 3.05) is 20.2 Å². The summed E-state index contributed by atoms with van der Waals surface area (Å²) in [4.78, 5) is 25.7. The van der Waals surface area contributed by atoms with Gasteiger partial charge in [0.25, 0.3) is 0 Å². The molecule has 1 amide bonds. The van der Waals surface area contributed by atoms with Gasteiger partial charge in [0.1, 0.15) is 5.82 Å². The number of hydrogen-bond acceptors (Lipinski definition) is 6. The van der Waals surface area contributed by atoms with E-state index in [1.54, 1.807) is 19.1 Å². The minimum Gasteiger partial charge on any atom is -0.465 e. The van der Waals surface area contributed by atoms with Gasteiger partial charge in [0.05, 0.1) is 18.7 Å². The minimum absolute atomic E-state index is 0.0522. The quantitative estimate of drug-likeness (QED) is 0.701. The van der Waals surface area contributed by atoms with Crippen LogP contribution in [0.25, 0.3) is 0 Å². The number of rotatable bonds is 7. The first-order valence-corrected chi connectivity index (χ1v) is 10.5. The summed E-state index contributed by atoms with van der Waals surface area (Å²) < 4.78 is 6.93. The molecule has 30 heavy (non-hydrogen) atoms. The number of methoxy groups -OCH3 is 1. The molecular weight excluding hydrogens is 382 g/mol. The van der Waals surface area contributed by atoms with Crippen LogP contribution in [0.2, 0.25) is 0 Å². The van der Waals surface area contributed by atoms with Gasteiger partial charge in [0.2, 0.25) is 5.91 Å². The molecule has 1 N–H and O–H groups in total. The molecule has 0 spiro atoms. The standard InChI is InChI=1S/C22H31N5O3/c1-15(2)13-19(23-16(3)28)21-25-24-20-9-10-26(11-12-27(20)21)14-17-5-7-18(8-6-17)22(29)30-4/h5-8,15,19H,9-14H2,1-4H3,(H,23,28)/t19-/m1/s1. The zero-order valence-electron chi connectivity index (χ0n) is 18.2. The predicted molar refractivity (Wildman–Crippen MR) is 113 cm³/mol. The van der Waals surface area contributed by atoms with Crippen LogP contribution in [0.4, 0.5) is 0 Å². The van der Waals surface area contributed by atoms with Crippen molar-refractivity contribution in [3.63, 3.8) is 0 Å². The van der Waals surface area contributed by atoms with Gasteiger partial charge in [-0.05, 0) is 30.0 Å². The molecule has 0 fully saturated rings. The Labute approximate surface area is 177 Å². The highest BCUT2D eigenvalue weighted by Gasteiger charge is 2.25. The number of amides is 1. The third-order valence-electron chi connectivity index (χ3n) is 5.32. The summed E-state index contributed by atoms with van der Waals surface area (Å²) >= 11 is 0. The van der Waals surface area contributed by atoms with Gasteiger partial charge in [0, 0.05) is 39.5 Å². The number of hydrogen-bond donors (Lipinski definition) is 1. The van der Waals surface area contributed by atoms with Gasteiger partial charge < -0.3 is 14.6 Å². The fraction of sp³-hybridized carbons (Fsp3) is 0.545. The molecular formula is C22H31N5O3. The fourth-order valence-electron chi connectivity index (χ4n) is 3.87. The number of nitrogens with one attached hydrogen (secondary N) is 1. The van der Waals surface area contributed by atoms with E-state index in [2.05, 4.69) is 38.8 Å². The van der Waals surface area contributed by atoms with E-state index in [1.807, 2.05) is 12.1 Å². The molecule has 0 saturated carbocycles. The van der Waals surface area contributed by atoms with E-state index in [9.17, 15) is 9.59 Å². The van der Waals surface area contributed by atoms with Crippen molar-refractivity contribution in [1.82, 2.24) is 25.0 Å². The van der Waals surface area contributed by atoms with Crippen LogP contribution < -0.4 is 5.32 Å². The first kappa shape index (κ1) is 22.0. The normalized spacial score (nSPS) is 15.4. The molecule has 1 atom stereocenters. The van der Waals surface area contributed by atoms with Gasteiger partial charge in [-0.25, -0.2) is 4.79 Å². The molecule has 0 aliphatic carbocycles. The first-order chi connectivity index (χ1) is 14.4. The molecule has 2 aromatic rings. The number of fused-ring (bicyclic) bond motifs is 1. The SMILES string of the molecule is COC(=O)c1ccc(CN2CCc3nnc([C@@H](CC(C)C)NC(C)=O)n3CC2)cc1. The molecule has 3 rings (SSSR count). The summed E-state index contributed by atoms with van der Waals surface area (Å²) in [6, 6.07) is 7.42. The average molecular weight is 414 g/mol. The maximum Gasteiger partial charge on any atom is 0.337 e. The monoisotopic (exact) mass is 413 g/mol. The number of benzene rings is 1. The molecule has 0 saturated heterocycles. The second kappa shape index (κ2) is 9.84. The summed E-state index contributed by atoms with van der Waals surface area (Å²) in [5, 5.41) is 11.9. The Morgan fingerprint density at radius 1 is 1.13 bits per heavy atom. The summed E-state index contributed by atoms with van der Waals surface area (Å²) in [7, 11) is 1.39. The van der Waals surface area contributed by atoms with Crippen LogP contribution in [0.3, 0.4) is 0 Å². The van der Waals surface area contributed by atoms with E-state index in [-0.39, 0.29) is 17.9 Å². The highest BCUT2D eigenvalue weighted by molar-refractivity contribution is 5.89. The van der Waals surface area contributed by atoms with Gasteiger partial charge in [-0.2, -0.15) is 0 Å². The molecule has 8 nitrogen and oxygen atoms in total. The van der Waals surface area contributed by atoms with Crippen LogP contribution in [0, 0.1) is 5.92 Å². The molecule has 1 aromatic heterocycles. The lowest BCUT2D eigenvalue weighted by Gasteiger charge is -2.22. The first-order valence-electron chi connectivity index (χ1n) is 10.5. The largest absolute Gasteiger partial charge is 0.465 e. The Balaban J connectivity index is 1.68. The van der Waals surface area contributed by atoms with Crippen LogP contribution in [0.1, 0.15) is 60.8 Å². The van der Waals surface area contributed by atoms with Crippen molar-refractivity contribution in [1.29, 1.82) is 0 Å².